The monoisotopic (exact) mass is 280 g/mol. The highest BCUT2D eigenvalue weighted by Gasteiger charge is 2.20. The minimum Gasteiger partial charge on any atom is -0.333 e. The van der Waals surface area contributed by atoms with Crippen molar-refractivity contribution in [2.45, 2.75) is 13.0 Å². The Labute approximate surface area is 115 Å². The maximum atomic E-state index is 12.2. The molecule has 0 aromatic carbocycles. The fraction of sp³-hybridized carbons (Fsp3) is 0.231. The van der Waals surface area contributed by atoms with Crippen molar-refractivity contribution in [1.82, 2.24) is 9.88 Å². The molecule has 3 nitrogen and oxygen atoms in total. The first-order valence-corrected chi connectivity index (χ1v) is 6.77. The summed E-state index contributed by atoms with van der Waals surface area (Å²) in [7, 11) is 1.78. The number of thiophene rings is 1. The van der Waals surface area contributed by atoms with E-state index in [9.17, 15) is 4.79 Å². The quantitative estimate of drug-likeness (QED) is 0.860. The van der Waals surface area contributed by atoms with Crippen LogP contribution >= 0.6 is 22.9 Å². The normalized spacial score (nSPS) is 12.2. The minimum absolute atomic E-state index is 0.0370. The first kappa shape index (κ1) is 13.1. The summed E-state index contributed by atoms with van der Waals surface area (Å²) < 4.78 is 0. The number of hydrogen-bond acceptors (Lipinski definition) is 3. The van der Waals surface area contributed by atoms with Crippen molar-refractivity contribution in [1.29, 1.82) is 0 Å². The number of halogens is 1. The van der Waals surface area contributed by atoms with Gasteiger partial charge in [0, 0.05) is 18.1 Å². The van der Waals surface area contributed by atoms with Gasteiger partial charge in [0.15, 0.2) is 0 Å². The number of carbonyl (C=O) groups is 1. The largest absolute Gasteiger partial charge is 0.333 e. The second kappa shape index (κ2) is 5.50. The lowest BCUT2D eigenvalue weighted by atomic mass is 10.2. The average Bonchev–Trinajstić information content (AvgIpc) is 2.91. The zero-order chi connectivity index (χ0) is 13.1. The van der Waals surface area contributed by atoms with Crippen LogP contribution in [-0.2, 0) is 0 Å². The predicted molar refractivity (Wildman–Crippen MR) is 74.1 cm³/mol. The van der Waals surface area contributed by atoms with Crippen molar-refractivity contribution in [3.05, 3.63) is 51.4 Å². The lowest BCUT2D eigenvalue weighted by Crippen LogP contribution is -2.29. The van der Waals surface area contributed by atoms with Crippen molar-refractivity contribution < 1.29 is 4.79 Å². The Morgan fingerprint density at radius 3 is 2.78 bits per heavy atom. The Hall–Kier alpha value is -1.39. The number of carbonyl (C=O) groups excluding carboxylic acids is 1. The van der Waals surface area contributed by atoms with Gasteiger partial charge in [0.1, 0.15) is 5.69 Å². The second-order valence-electron chi connectivity index (χ2n) is 3.97. The molecule has 0 bridgehead atoms. The van der Waals surface area contributed by atoms with Crippen LogP contribution in [0.5, 0.6) is 0 Å². The number of pyridine rings is 1. The Kier molecular flexibility index (Phi) is 3.99. The van der Waals surface area contributed by atoms with Gasteiger partial charge in [-0.25, -0.2) is 4.98 Å². The molecular formula is C13H13ClN2OS. The molecule has 0 radical (unpaired) electrons. The van der Waals surface area contributed by atoms with Gasteiger partial charge < -0.3 is 4.90 Å². The van der Waals surface area contributed by atoms with Gasteiger partial charge in [-0.3, -0.25) is 4.79 Å². The summed E-state index contributed by atoms with van der Waals surface area (Å²) in [4.78, 5) is 19.1. The van der Waals surface area contributed by atoms with Crippen LogP contribution in [0.3, 0.4) is 0 Å². The number of rotatable bonds is 3. The van der Waals surface area contributed by atoms with Crippen molar-refractivity contribution in [3.8, 4) is 0 Å². The highest BCUT2D eigenvalue weighted by atomic mass is 35.5. The molecule has 1 amide bonds. The van der Waals surface area contributed by atoms with E-state index in [0.29, 0.717) is 10.7 Å². The lowest BCUT2D eigenvalue weighted by molar-refractivity contribution is 0.0739. The summed E-state index contributed by atoms with van der Waals surface area (Å²) in [5.41, 5.74) is 0.408. The molecule has 0 saturated carbocycles. The molecule has 1 atom stereocenters. The molecule has 0 saturated heterocycles. The van der Waals surface area contributed by atoms with Gasteiger partial charge in [-0.1, -0.05) is 17.7 Å². The summed E-state index contributed by atoms with van der Waals surface area (Å²) in [5.74, 6) is -0.104. The van der Waals surface area contributed by atoms with Crippen LogP contribution in [0.15, 0.2) is 35.8 Å². The Morgan fingerprint density at radius 1 is 1.44 bits per heavy atom. The average molecular weight is 281 g/mol. The summed E-state index contributed by atoms with van der Waals surface area (Å²) in [6.45, 7) is 2.00. The van der Waals surface area contributed by atoms with Crippen LogP contribution in [0.1, 0.15) is 28.3 Å². The van der Waals surface area contributed by atoms with Crippen LogP contribution in [0, 0.1) is 0 Å². The molecule has 0 fully saturated rings. The Bertz CT molecular complexity index is 524. The predicted octanol–water partition coefficient (Wildman–Crippen LogP) is 3.63. The van der Waals surface area contributed by atoms with Gasteiger partial charge in [0.2, 0.25) is 0 Å². The molecule has 1 unspecified atom stereocenters. The molecule has 0 aliphatic heterocycles. The van der Waals surface area contributed by atoms with Gasteiger partial charge in [-0.2, -0.15) is 0 Å². The summed E-state index contributed by atoms with van der Waals surface area (Å²) in [6, 6.07) is 7.35. The van der Waals surface area contributed by atoms with Crippen LogP contribution in [0.25, 0.3) is 0 Å². The SMILES string of the molecule is CC(c1cccs1)N(C)C(=O)c1ccc(Cl)cn1. The molecule has 0 aliphatic rings. The molecule has 2 aromatic heterocycles. The molecule has 0 aliphatic carbocycles. The number of nitrogens with zero attached hydrogens (tertiary/aromatic N) is 2. The molecule has 18 heavy (non-hydrogen) atoms. The third kappa shape index (κ3) is 2.71. The zero-order valence-corrected chi connectivity index (χ0v) is 11.7. The van der Waals surface area contributed by atoms with E-state index in [4.69, 9.17) is 11.6 Å². The summed E-state index contributed by atoms with van der Waals surface area (Å²) in [6.07, 6.45) is 1.48. The van der Waals surface area contributed by atoms with Crippen molar-refractivity contribution in [3.63, 3.8) is 0 Å². The van der Waals surface area contributed by atoms with E-state index < -0.39 is 0 Å². The van der Waals surface area contributed by atoms with E-state index in [1.165, 1.54) is 6.20 Å². The standard InChI is InChI=1S/C13H13ClN2OS/c1-9(12-4-3-7-18-12)16(2)13(17)11-6-5-10(14)8-15-11/h3-9H,1-2H3. The molecule has 2 rings (SSSR count). The lowest BCUT2D eigenvalue weighted by Gasteiger charge is -2.23. The van der Waals surface area contributed by atoms with Gasteiger partial charge in [0.25, 0.3) is 5.91 Å². The molecule has 2 heterocycles. The highest BCUT2D eigenvalue weighted by molar-refractivity contribution is 7.10. The number of amides is 1. The maximum absolute atomic E-state index is 12.2. The van der Waals surface area contributed by atoms with Crippen LogP contribution in [-0.4, -0.2) is 22.8 Å². The van der Waals surface area contributed by atoms with Gasteiger partial charge in [-0.05, 0) is 30.5 Å². The Morgan fingerprint density at radius 2 is 2.22 bits per heavy atom. The smallest absolute Gasteiger partial charge is 0.272 e. The van der Waals surface area contributed by atoms with Gasteiger partial charge in [-0.15, -0.1) is 11.3 Å². The molecule has 94 valence electrons. The molecular weight excluding hydrogens is 268 g/mol. The third-order valence-electron chi connectivity index (χ3n) is 2.80. The van der Waals surface area contributed by atoms with E-state index in [1.807, 2.05) is 24.4 Å². The maximum Gasteiger partial charge on any atom is 0.272 e. The molecule has 5 heteroatoms. The van der Waals surface area contributed by atoms with E-state index in [-0.39, 0.29) is 11.9 Å². The van der Waals surface area contributed by atoms with Gasteiger partial charge >= 0.3 is 0 Å². The highest BCUT2D eigenvalue weighted by Crippen LogP contribution is 2.24. The Balaban J connectivity index is 2.16. The molecule has 0 N–H and O–H groups in total. The van der Waals surface area contributed by atoms with Crippen LogP contribution in [0.4, 0.5) is 0 Å². The van der Waals surface area contributed by atoms with Crippen LogP contribution in [0.2, 0.25) is 5.02 Å². The van der Waals surface area contributed by atoms with E-state index in [1.54, 1.807) is 35.4 Å². The first-order valence-electron chi connectivity index (χ1n) is 5.51. The zero-order valence-electron chi connectivity index (χ0n) is 10.1. The fourth-order valence-corrected chi connectivity index (χ4v) is 2.52. The fourth-order valence-electron chi connectivity index (χ4n) is 1.58. The van der Waals surface area contributed by atoms with Crippen molar-refractivity contribution >= 4 is 28.8 Å². The van der Waals surface area contributed by atoms with E-state index >= 15 is 0 Å². The van der Waals surface area contributed by atoms with Gasteiger partial charge in [0.05, 0.1) is 11.1 Å². The van der Waals surface area contributed by atoms with Crippen LogP contribution < -0.4 is 0 Å². The number of hydrogen-bond donors (Lipinski definition) is 0. The third-order valence-corrected chi connectivity index (χ3v) is 4.07. The first-order chi connectivity index (χ1) is 8.59. The number of aromatic nitrogens is 1. The van der Waals surface area contributed by atoms with E-state index in [2.05, 4.69) is 4.98 Å². The molecule has 2 aromatic rings. The second-order valence-corrected chi connectivity index (χ2v) is 5.38. The minimum atomic E-state index is -0.104. The van der Waals surface area contributed by atoms with Crippen molar-refractivity contribution in [2.24, 2.45) is 0 Å². The summed E-state index contributed by atoms with van der Waals surface area (Å²) in [5, 5.41) is 2.53. The molecule has 0 spiro atoms. The topological polar surface area (TPSA) is 33.2 Å². The van der Waals surface area contributed by atoms with Crippen molar-refractivity contribution in [2.75, 3.05) is 7.05 Å². The van der Waals surface area contributed by atoms with E-state index in [0.717, 1.165) is 4.88 Å². The summed E-state index contributed by atoms with van der Waals surface area (Å²) >= 11 is 7.39.